The Morgan fingerprint density at radius 1 is 1.39 bits per heavy atom. The van der Waals surface area contributed by atoms with Crippen LogP contribution in [0.25, 0.3) is 0 Å². The Bertz CT molecular complexity index is 545. The standard InChI is InChI=1S/C11H17NO4S2/c1-6(2)9(10(13)14)12-18(15,16)11-7(3)5-8(4)17-11/h5-6,9,12H,1-4H3,(H,13,14)/t9-/m0/s1. The number of rotatable bonds is 5. The van der Waals surface area contributed by atoms with Crippen LogP contribution in [0.2, 0.25) is 0 Å². The van der Waals surface area contributed by atoms with Crippen molar-refractivity contribution in [2.75, 3.05) is 0 Å². The average Bonchev–Trinajstić information content (AvgIpc) is 2.54. The van der Waals surface area contributed by atoms with Crippen LogP contribution in [-0.4, -0.2) is 25.5 Å². The molecule has 1 rings (SSSR count). The molecule has 1 atom stereocenters. The van der Waals surface area contributed by atoms with Gasteiger partial charge in [0.2, 0.25) is 0 Å². The molecule has 18 heavy (non-hydrogen) atoms. The Kier molecular flexibility index (Phi) is 4.52. The monoisotopic (exact) mass is 291 g/mol. The molecule has 0 unspecified atom stereocenters. The van der Waals surface area contributed by atoms with Crippen LogP contribution in [0.15, 0.2) is 10.3 Å². The first-order valence-electron chi connectivity index (χ1n) is 5.47. The lowest BCUT2D eigenvalue weighted by Gasteiger charge is -2.17. The lowest BCUT2D eigenvalue weighted by molar-refractivity contribution is -0.140. The zero-order chi connectivity index (χ0) is 14.1. The van der Waals surface area contributed by atoms with E-state index in [1.165, 1.54) is 0 Å². The predicted molar refractivity (Wildman–Crippen MR) is 70.4 cm³/mol. The van der Waals surface area contributed by atoms with E-state index in [0.29, 0.717) is 5.56 Å². The van der Waals surface area contributed by atoms with Crippen molar-refractivity contribution >= 4 is 27.3 Å². The predicted octanol–water partition coefficient (Wildman–Crippen LogP) is 1.75. The van der Waals surface area contributed by atoms with Crippen LogP contribution in [-0.2, 0) is 14.8 Å². The highest BCUT2D eigenvalue weighted by Crippen LogP contribution is 2.26. The summed E-state index contributed by atoms with van der Waals surface area (Å²) in [4.78, 5) is 11.9. The summed E-state index contributed by atoms with van der Waals surface area (Å²) in [6.45, 7) is 6.83. The minimum atomic E-state index is -3.77. The molecule has 1 aromatic heterocycles. The fourth-order valence-corrected chi connectivity index (χ4v) is 4.60. The van der Waals surface area contributed by atoms with Crippen LogP contribution in [0.4, 0.5) is 0 Å². The summed E-state index contributed by atoms with van der Waals surface area (Å²) in [5, 5.41) is 9.00. The summed E-state index contributed by atoms with van der Waals surface area (Å²) >= 11 is 1.14. The van der Waals surface area contributed by atoms with Crippen molar-refractivity contribution in [3.05, 3.63) is 16.5 Å². The minimum absolute atomic E-state index is 0.187. The SMILES string of the molecule is Cc1cc(C)c(S(=O)(=O)N[C@H](C(=O)O)C(C)C)s1. The largest absolute Gasteiger partial charge is 0.480 e. The quantitative estimate of drug-likeness (QED) is 0.865. The molecule has 5 nitrogen and oxygen atoms in total. The molecule has 0 spiro atoms. The molecule has 0 bridgehead atoms. The molecule has 1 aromatic rings. The molecule has 0 saturated heterocycles. The van der Waals surface area contributed by atoms with E-state index in [1.54, 1.807) is 26.8 Å². The fourth-order valence-electron chi connectivity index (χ4n) is 1.58. The van der Waals surface area contributed by atoms with Crippen LogP contribution in [0.5, 0.6) is 0 Å². The van der Waals surface area contributed by atoms with Gasteiger partial charge in [0, 0.05) is 4.88 Å². The molecule has 0 fully saturated rings. The second kappa shape index (κ2) is 5.38. The molecule has 1 heterocycles. The van der Waals surface area contributed by atoms with E-state index in [1.807, 2.05) is 6.92 Å². The highest BCUT2D eigenvalue weighted by molar-refractivity contribution is 7.91. The minimum Gasteiger partial charge on any atom is -0.480 e. The molecule has 0 aliphatic heterocycles. The van der Waals surface area contributed by atoms with E-state index in [4.69, 9.17) is 5.11 Å². The van der Waals surface area contributed by atoms with Crippen molar-refractivity contribution in [3.8, 4) is 0 Å². The molecule has 7 heteroatoms. The highest BCUT2D eigenvalue weighted by atomic mass is 32.2. The molecule has 102 valence electrons. The smallest absolute Gasteiger partial charge is 0.322 e. The zero-order valence-corrected chi connectivity index (χ0v) is 12.4. The third-order valence-electron chi connectivity index (χ3n) is 2.45. The van der Waals surface area contributed by atoms with Crippen LogP contribution < -0.4 is 4.72 Å². The van der Waals surface area contributed by atoms with Crippen LogP contribution >= 0.6 is 11.3 Å². The van der Waals surface area contributed by atoms with E-state index < -0.39 is 22.0 Å². The number of aryl methyl sites for hydroxylation is 2. The van der Waals surface area contributed by atoms with E-state index in [-0.39, 0.29) is 10.1 Å². The van der Waals surface area contributed by atoms with Crippen molar-refractivity contribution in [1.82, 2.24) is 4.72 Å². The summed E-state index contributed by atoms with van der Waals surface area (Å²) in [6, 6.07) is 0.654. The van der Waals surface area contributed by atoms with E-state index in [2.05, 4.69) is 4.72 Å². The number of carbonyl (C=O) groups is 1. The molecule has 0 aromatic carbocycles. The first-order chi connectivity index (χ1) is 8.15. The van der Waals surface area contributed by atoms with Gasteiger partial charge in [0.15, 0.2) is 0 Å². The first kappa shape index (κ1) is 15.1. The molecule has 0 amide bonds. The summed E-state index contributed by atoms with van der Waals surface area (Å²) in [5.74, 6) is -1.49. The Morgan fingerprint density at radius 3 is 2.28 bits per heavy atom. The van der Waals surface area contributed by atoms with Gasteiger partial charge in [-0.2, -0.15) is 4.72 Å². The Morgan fingerprint density at radius 2 is 1.94 bits per heavy atom. The van der Waals surface area contributed by atoms with Gasteiger partial charge in [0.25, 0.3) is 10.0 Å². The second-order valence-corrected chi connectivity index (χ2v) is 7.67. The van der Waals surface area contributed by atoms with Gasteiger partial charge < -0.3 is 5.11 Å². The van der Waals surface area contributed by atoms with Gasteiger partial charge in [-0.1, -0.05) is 13.8 Å². The van der Waals surface area contributed by atoms with Crippen molar-refractivity contribution < 1.29 is 18.3 Å². The van der Waals surface area contributed by atoms with E-state index in [9.17, 15) is 13.2 Å². The average molecular weight is 291 g/mol. The third-order valence-corrected chi connectivity index (χ3v) is 5.68. The number of aliphatic carboxylic acids is 1. The normalized spacial score (nSPS) is 13.8. The maximum absolute atomic E-state index is 12.1. The number of hydrogen-bond donors (Lipinski definition) is 2. The van der Waals surface area contributed by atoms with Crippen molar-refractivity contribution in [3.63, 3.8) is 0 Å². The van der Waals surface area contributed by atoms with E-state index in [0.717, 1.165) is 16.2 Å². The fraction of sp³-hybridized carbons (Fsp3) is 0.545. The Labute approximate surface area is 111 Å². The van der Waals surface area contributed by atoms with Gasteiger partial charge in [-0.15, -0.1) is 11.3 Å². The topological polar surface area (TPSA) is 83.5 Å². The van der Waals surface area contributed by atoms with Gasteiger partial charge in [0.1, 0.15) is 10.3 Å². The van der Waals surface area contributed by atoms with Gasteiger partial charge in [-0.05, 0) is 31.4 Å². The van der Waals surface area contributed by atoms with Crippen molar-refractivity contribution in [1.29, 1.82) is 0 Å². The molecule has 2 N–H and O–H groups in total. The highest BCUT2D eigenvalue weighted by Gasteiger charge is 2.29. The number of carboxylic acid groups (broad SMARTS) is 1. The lowest BCUT2D eigenvalue weighted by Crippen LogP contribution is -2.44. The summed E-state index contributed by atoms with van der Waals surface area (Å²) in [6.07, 6.45) is 0. The zero-order valence-electron chi connectivity index (χ0n) is 10.7. The number of nitrogens with one attached hydrogen (secondary N) is 1. The molecular weight excluding hydrogens is 274 g/mol. The van der Waals surface area contributed by atoms with Crippen LogP contribution in [0.1, 0.15) is 24.3 Å². The number of carboxylic acids is 1. The van der Waals surface area contributed by atoms with Gasteiger partial charge in [0.05, 0.1) is 0 Å². The first-order valence-corrected chi connectivity index (χ1v) is 7.77. The van der Waals surface area contributed by atoms with Gasteiger partial charge >= 0.3 is 5.97 Å². The van der Waals surface area contributed by atoms with E-state index >= 15 is 0 Å². The van der Waals surface area contributed by atoms with Crippen LogP contribution in [0.3, 0.4) is 0 Å². The summed E-state index contributed by atoms with van der Waals surface area (Å²) in [7, 11) is -3.77. The van der Waals surface area contributed by atoms with Crippen LogP contribution in [0, 0.1) is 19.8 Å². The molecule has 0 radical (unpaired) electrons. The molecule has 0 aliphatic carbocycles. The Balaban J connectivity index is 3.08. The molecule has 0 saturated carbocycles. The second-order valence-electron chi connectivity index (χ2n) is 4.51. The number of sulfonamides is 1. The lowest BCUT2D eigenvalue weighted by atomic mass is 10.1. The van der Waals surface area contributed by atoms with Crippen molar-refractivity contribution in [2.45, 2.75) is 37.9 Å². The number of thiophene rings is 1. The van der Waals surface area contributed by atoms with Crippen molar-refractivity contribution in [2.24, 2.45) is 5.92 Å². The molecule has 0 aliphatic rings. The third kappa shape index (κ3) is 3.30. The molecular formula is C11H17NO4S2. The maximum Gasteiger partial charge on any atom is 0.322 e. The summed E-state index contributed by atoms with van der Waals surface area (Å²) in [5.41, 5.74) is 0.637. The maximum atomic E-state index is 12.1. The number of hydrogen-bond acceptors (Lipinski definition) is 4. The van der Waals surface area contributed by atoms with Gasteiger partial charge in [-0.3, -0.25) is 4.79 Å². The van der Waals surface area contributed by atoms with Gasteiger partial charge in [-0.25, -0.2) is 8.42 Å². The Hall–Kier alpha value is -0.920. The summed E-state index contributed by atoms with van der Waals surface area (Å²) < 4.78 is 26.7.